The zero-order valence-electron chi connectivity index (χ0n) is 17.3. The molecule has 3 aliphatic rings. The van der Waals surface area contributed by atoms with Crippen molar-refractivity contribution in [3.63, 3.8) is 0 Å². The standard InChI is InChI=1S/C20H31N5O3.HI/c1-4-21-20(22-8-7-15(26)24-12(2)3)23-9-10-25-18(27)16-13-5-6-14(11-13)17(16)19(25)28;/h5-6,12-14,16-17H,4,7-11H2,1-3H3,(H,24,26)(H2,21,22,23);1H. The fraction of sp³-hybridized carbons (Fsp3) is 0.700. The average molecular weight is 517 g/mol. The second kappa shape index (κ2) is 10.4. The maximum absolute atomic E-state index is 12.7. The second-order valence-electron chi connectivity index (χ2n) is 7.99. The van der Waals surface area contributed by atoms with Crippen molar-refractivity contribution in [1.82, 2.24) is 20.9 Å². The molecule has 9 heteroatoms. The van der Waals surface area contributed by atoms with Crippen molar-refractivity contribution in [3.8, 4) is 0 Å². The Kier molecular flexibility index (Phi) is 8.47. The molecular weight excluding hydrogens is 485 g/mol. The summed E-state index contributed by atoms with van der Waals surface area (Å²) in [4.78, 5) is 42.9. The molecule has 2 bridgehead atoms. The Morgan fingerprint density at radius 1 is 1.17 bits per heavy atom. The van der Waals surface area contributed by atoms with E-state index in [2.05, 4.69) is 33.1 Å². The van der Waals surface area contributed by atoms with Gasteiger partial charge in [-0.25, -0.2) is 0 Å². The van der Waals surface area contributed by atoms with E-state index in [-0.39, 0.29) is 71.4 Å². The minimum Gasteiger partial charge on any atom is -0.357 e. The van der Waals surface area contributed by atoms with E-state index < -0.39 is 0 Å². The lowest BCUT2D eigenvalue weighted by Crippen LogP contribution is -2.43. The number of carbonyl (C=O) groups excluding carboxylic acids is 3. The van der Waals surface area contributed by atoms with Crippen LogP contribution in [0.5, 0.6) is 0 Å². The molecule has 0 aromatic carbocycles. The molecule has 2 aliphatic carbocycles. The molecule has 162 valence electrons. The number of halogens is 1. The SMILES string of the molecule is CCNC(=NCCC(=O)NC(C)C)NCCN1C(=O)C2C3C=CC(C3)C2C1=O.I. The number of nitrogens with one attached hydrogen (secondary N) is 3. The highest BCUT2D eigenvalue weighted by Crippen LogP contribution is 2.52. The second-order valence-corrected chi connectivity index (χ2v) is 7.99. The molecule has 3 amide bonds. The van der Waals surface area contributed by atoms with Gasteiger partial charge in [-0.3, -0.25) is 24.3 Å². The van der Waals surface area contributed by atoms with Gasteiger partial charge in [0, 0.05) is 32.1 Å². The summed E-state index contributed by atoms with van der Waals surface area (Å²) in [7, 11) is 0. The van der Waals surface area contributed by atoms with Crippen molar-refractivity contribution in [2.75, 3.05) is 26.2 Å². The number of rotatable bonds is 8. The van der Waals surface area contributed by atoms with Crippen LogP contribution in [-0.2, 0) is 14.4 Å². The molecule has 0 aromatic rings. The van der Waals surface area contributed by atoms with Gasteiger partial charge in [0.15, 0.2) is 5.96 Å². The van der Waals surface area contributed by atoms with Crippen molar-refractivity contribution >= 4 is 47.7 Å². The Balaban J connectivity index is 0.00000300. The number of fused-ring (bicyclic) bond motifs is 5. The van der Waals surface area contributed by atoms with Gasteiger partial charge in [0.2, 0.25) is 17.7 Å². The molecule has 3 rings (SSSR count). The molecule has 2 fully saturated rings. The molecular formula is C20H32IN5O3. The molecule has 29 heavy (non-hydrogen) atoms. The highest BCUT2D eigenvalue weighted by Gasteiger charge is 2.58. The smallest absolute Gasteiger partial charge is 0.233 e. The molecule has 3 N–H and O–H groups in total. The van der Waals surface area contributed by atoms with Gasteiger partial charge in [-0.05, 0) is 39.0 Å². The summed E-state index contributed by atoms with van der Waals surface area (Å²) in [5, 5.41) is 9.10. The predicted molar refractivity (Wildman–Crippen MR) is 122 cm³/mol. The summed E-state index contributed by atoms with van der Waals surface area (Å²) in [6, 6.07) is 0.114. The summed E-state index contributed by atoms with van der Waals surface area (Å²) >= 11 is 0. The van der Waals surface area contributed by atoms with Crippen molar-refractivity contribution in [2.45, 2.75) is 39.7 Å². The van der Waals surface area contributed by atoms with E-state index in [9.17, 15) is 14.4 Å². The third kappa shape index (κ3) is 5.29. The molecule has 1 saturated heterocycles. The first kappa shape index (κ1) is 23.6. The van der Waals surface area contributed by atoms with Gasteiger partial charge in [-0.2, -0.15) is 0 Å². The van der Waals surface area contributed by atoms with Crippen LogP contribution in [0, 0.1) is 23.7 Å². The van der Waals surface area contributed by atoms with Crippen LogP contribution in [0.15, 0.2) is 17.1 Å². The van der Waals surface area contributed by atoms with E-state index in [0.29, 0.717) is 38.6 Å². The normalized spacial score (nSPS) is 27.3. The maximum atomic E-state index is 12.7. The number of carbonyl (C=O) groups is 3. The van der Waals surface area contributed by atoms with Crippen LogP contribution < -0.4 is 16.0 Å². The Bertz CT molecular complexity index is 664. The van der Waals surface area contributed by atoms with Crippen LogP contribution in [0.3, 0.4) is 0 Å². The van der Waals surface area contributed by atoms with Gasteiger partial charge < -0.3 is 16.0 Å². The van der Waals surface area contributed by atoms with Gasteiger partial charge in [0.25, 0.3) is 0 Å². The fourth-order valence-corrected chi connectivity index (χ4v) is 4.48. The number of allylic oxidation sites excluding steroid dienone is 2. The molecule has 0 radical (unpaired) electrons. The zero-order valence-corrected chi connectivity index (χ0v) is 19.6. The Morgan fingerprint density at radius 2 is 1.79 bits per heavy atom. The molecule has 0 spiro atoms. The highest BCUT2D eigenvalue weighted by atomic mass is 127. The highest BCUT2D eigenvalue weighted by molar-refractivity contribution is 14.0. The van der Waals surface area contributed by atoms with E-state index in [1.807, 2.05) is 20.8 Å². The summed E-state index contributed by atoms with van der Waals surface area (Å²) in [6.07, 6.45) is 5.46. The summed E-state index contributed by atoms with van der Waals surface area (Å²) in [5.74, 6) is 0.675. The third-order valence-electron chi connectivity index (χ3n) is 5.59. The summed E-state index contributed by atoms with van der Waals surface area (Å²) in [5.41, 5.74) is 0. The average Bonchev–Trinajstić information content (AvgIpc) is 3.30. The minimum absolute atomic E-state index is 0. The molecule has 0 aromatic heterocycles. The van der Waals surface area contributed by atoms with E-state index in [4.69, 9.17) is 0 Å². The van der Waals surface area contributed by atoms with Crippen molar-refractivity contribution in [2.24, 2.45) is 28.7 Å². The van der Waals surface area contributed by atoms with Crippen LogP contribution in [0.25, 0.3) is 0 Å². The summed E-state index contributed by atoms with van der Waals surface area (Å²) < 4.78 is 0. The Hall–Kier alpha value is -1.65. The number of imide groups is 1. The lowest BCUT2D eigenvalue weighted by Gasteiger charge is -2.18. The molecule has 4 atom stereocenters. The number of nitrogens with zero attached hydrogens (tertiary/aromatic N) is 2. The lowest BCUT2D eigenvalue weighted by atomic mass is 9.85. The van der Waals surface area contributed by atoms with E-state index in [0.717, 1.165) is 6.42 Å². The first-order valence-electron chi connectivity index (χ1n) is 10.3. The number of amides is 3. The number of guanidine groups is 1. The summed E-state index contributed by atoms with van der Waals surface area (Å²) in [6.45, 7) is 7.62. The molecule has 4 unspecified atom stereocenters. The number of aliphatic imine (C=N–C) groups is 1. The van der Waals surface area contributed by atoms with Gasteiger partial charge in [0.1, 0.15) is 0 Å². The molecule has 1 aliphatic heterocycles. The number of hydrogen-bond donors (Lipinski definition) is 3. The molecule has 8 nitrogen and oxygen atoms in total. The van der Waals surface area contributed by atoms with Crippen LogP contribution >= 0.6 is 24.0 Å². The van der Waals surface area contributed by atoms with Crippen molar-refractivity contribution in [3.05, 3.63) is 12.2 Å². The largest absolute Gasteiger partial charge is 0.357 e. The van der Waals surface area contributed by atoms with Crippen LogP contribution in [-0.4, -0.2) is 60.8 Å². The van der Waals surface area contributed by atoms with Crippen LogP contribution in [0.4, 0.5) is 0 Å². The Morgan fingerprint density at radius 3 is 2.34 bits per heavy atom. The fourth-order valence-electron chi connectivity index (χ4n) is 4.48. The van der Waals surface area contributed by atoms with E-state index in [1.54, 1.807) is 0 Å². The maximum Gasteiger partial charge on any atom is 0.233 e. The quantitative estimate of drug-likeness (QED) is 0.146. The number of likely N-dealkylation sites (tertiary alicyclic amines) is 1. The topological polar surface area (TPSA) is 103 Å². The Labute approximate surface area is 189 Å². The molecule has 1 saturated carbocycles. The first-order chi connectivity index (χ1) is 13.4. The van der Waals surface area contributed by atoms with Crippen molar-refractivity contribution in [1.29, 1.82) is 0 Å². The van der Waals surface area contributed by atoms with Gasteiger partial charge in [0.05, 0.1) is 18.4 Å². The third-order valence-corrected chi connectivity index (χ3v) is 5.59. The first-order valence-corrected chi connectivity index (χ1v) is 10.3. The lowest BCUT2D eigenvalue weighted by molar-refractivity contribution is -0.140. The van der Waals surface area contributed by atoms with E-state index in [1.165, 1.54) is 4.90 Å². The predicted octanol–water partition coefficient (Wildman–Crippen LogP) is 0.881. The van der Waals surface area contributed by atoms with Gasteiger partial charge in [-0.1, -0.05) is 12.2 Å². The van der Waals surface area contributed by atoms with Gasteiger partial charge >= 0.3 is 0 Å². The molecule has 1 heterocycles. The van der Waals surface area contributed by atoms with Crippen LogP contribution in [0.1, 0.15) is 33.6 Å². The van der Waals surface area contributed by atoms with Gasteiger partial charge in [-0.15, -0.1) is 24.0 Å². The number of hydrogen-bond acceptors (Lipinski definition) is 4. The van der Waals surface area contributed by atoms with Crippen LogP contribution in [0.2, 0.25) is 0 Å². The van der Waals surface area contributed by atoms with E-state index >= 15 is 0 Å². The monoisotopic (exact) mass is 517 g/mol. The van der Waals surface area contributed by atoms with Crippen molar-refractivity contribution < 1.29 is 14.4 Å². The zero-order chi connectivity index (χ0) is 20.3. The minimum atomic E-state index is -0.149.